The smallest absolute Gasteiger partial charge is 0.465 e. The molecular formula is C19H20F3NO6S. The Labute approximate surface area is 171 Å². The van der Waals surface area contributed by atoms with Crippen molar-refractivity contribution in [3.63, 3.8) is 0 Å². The highest BCUT2D eigenvalue weighted by Gasteiger charge is 2.31. The second kappa shape index (κ2) is 8.82. The minimum atomic E-state index is -4.79. The Morgan fingerprint density at radius 1 is 0.967 bits per heavy atom. The Bertz CT molecular complexity index is 971. The predicted molar refractivity (Wildman–Crippen MR) is 102 cm³/mol. The molecule has 0 unspecified atom stereocenters. The van der Waals surface area contributed by atoms with Gasteiger partial charge in [-0.2, -0.15) is 0 Å². The fourth-order valence-corrected chi connectivity index (χ4v) is 4.37. The number of nitrogens with one attached hydrogen (secondary N) is 1. The lowest BCUT2D eigenvalue weighted by molar-refractivity contribution is -0.274. The number of sulfone groups is 1. The van der Waals surface area contributed by atoms with Crippen molar-refractivity contribution in [1.82, 2.24) is 5.32 Å². The molecule has 0 aromatic heterocycles. The number of carbonyl (C=O) groups is 1. The molecule has 0 aliphatic heterocycles. The van der Waals surface area contributed by atoms with Crippen molar-refractivity contribution in [2.75, 3.05) is 12.3 Å². The summed E-state index contributed by atoms with van der Waals surface area (Å²) in [7, 11) is -3.69. The van der Waals surface area contributed by atoms with E-state index in [9.17, 15) is 26.4 Å². The van der Waals surface area contributed by atoms with E-state index in [1.165, 1.54) is 36.4 Å². The molecule has 2 aromatic rings. The summed E-state index contributed by atoms with van der Waals surface area (Å²) in [6.07, 6.45) is -6.03. The number of benzene rings is 2. The van der Waals surface area contributed by atoms with Crippen LogP contribution in [-0.2, 0) is 9.84 Å². The average molecular weight is 447 g/mol. The van der Waals surface area contributed by atoms with Crippen molar-refractivity contribution >= 4 is 15.9 Å². The van der Waals surface area contributed by atoms with Crippen LogP contribution in [0.4, 0.5) is 18.0 Å². The fourth-order valence-electron chi connectivity index (χ4n) is 2.52. The molecule has 0 aliphatic carbocycles. The van der Waals surface area contributed by atoms with Gasteiger partial charge in [0.2, 0.25) is 0 Å². The lowest BCUT2D eigenvalue weighted by Crippen LogP contribution is -2.37. The van der Waals surface area contributed by atoms with Gasteiger partial charge in [-0.15, -0.1) is 13.2 Å². The quantitative estimate of drug-likeness (QED) is 0.620. The standard InChI is InChI=1S/C19H20F3NO6S/c1-18(2,11-23-17(24)25)12-30(26,27)16-9-7-14(8-10-16)28-13-3-5-15(6-4-13)29-19(20,21)22/h3-10,23H,11-12H2,1-2H3,(H,24,25). The van der Waals surface area contributed by atoms with Crippen LogP contribution in [0, 0.1) is 5.41 Å². The van der Waals surface area contributed by atoms with Crippen LogP contribution in [0.1, 0.15) is 13.8 Å². The van der Waals surface area contributed by atoms with Gasteiger partial charge < -0.3 is 19.9 Å². The topological polar surface area (TPSA) is 102 Å². The first-order valence-corrected chi connectivity index (χ1v) is 10.2. The number of amides is 1. The number of hydrogen-bond donors (Lipinski definition) is 2. The lowest BCUT2D eigenvalue weighted by atomic mass is 9.97. The maximum absolute atomic E-state index is 12.6. The average Bonchev–Trinajstić information content (AvgIpc) is 2.60. The van der Waals surface area contributed by atoms with E-state index in [1.807, 2.05) is 0 Å². The van der Waals surface area contributed by atoms with E-state index in [0.717, 1.165) is 12.1 Å². The number of halogens is 3. The summed E-state index contributed by atoms with van der Waals surface area (Å²) in [4.78, 5) is 10.7. The third-order valence-corrected chi connectivity index (χ3v) is 5.93. The predicted octanol–water partition coefficient (Wildman–Crippen LogP) is 4.45. The summed E-state index contributed by atoms with van der Waals surface area (Å²) in [5.74, 6) is -0.149. The molecule has 30 heavy (non-hydrogen) atoms. The highest BCUT2D eigenvalue weighted by Crippen LogP contribution is 2.29. The van der Waals surface area contributed by atoms with Crippen LogP contribution in [0.15, 0.2) is 53.4 Å². The molecule has 0 fully saturated rings. The Balaban J connectivity index is 2.04. The van der Waals surface area contributed by atoms with Gasteiger partial charge >= 0.3 is 12.5 Å². The Morgan fingerprint density at radius 2 is 1.43 bits per heavy atom. The van der Waals surface area contributed by atoms with Crippen molar-refractivity contribution in [3.8, 4) is 17.2 Å². The molecule has 2 rings (SSSR count). The van der Waals surface area contributed by atoms with Gasteiger partial charge in [-0.25, -0.2) is 13.2 Å². The Kier molecular flexibility index (Phi) is 6.86. The van der Waals surface area contributed by atoms with Gasteiger partial charge in [0.05, 0.1) is 10.6 Å². The van der Waals surface area contributed by atoms with Crippen molar-refractivity contribution in [3.05, 3.63) is 48.5 Å². The summed E-state index contributed by atoms with van der Waals surface area (Å²) in [6.45, 7) is 3.23. The van der Waals surface area contributed by atoms with Gasteiger partial charge in [-0.1, -0.05) is 13.8 Å². The van der Waals surface area contributed by atoms with Crippen LogP contribution < -0.4 is 14.8 Å². The third kappa shape index (κ3) is 7.47. The normalized spacial score (nSPS) is 12.3. The maximum Gasteiger partial charge on any atom is 0.573 e. The van der Waals surface area contributed by atoms with Gasteiger partial charge in [0.15, 0.2) is 9.84 Å². The highest BCUT2D eigenvalue weighted by atomic mass is 32.2. The molecule has 1 amide bonds. The molecular weight excluding hydrogens is 427 g/mol. The highest BCUT2D eigenvalue weighted by molar-refractivity contribution is 7.91. The number of hydrogen-bond acceptors (Lipinski definition) is 5. The third-order valence-electron chi connectivity index (χ3n) is 3.77. The van der Waals surface area contributed by atoms with Gasteiger partial charge in [0.1, 0.15) is 17.2 Å². The van der Waals surface area contributed by atoms with Gasteiger partial charge in [0, 0.05) is 6.54 Å². The monoisotopic (exact) mass is 447 g/mol. The molecule has 2 N–H and O–H groups in total. The molecule has 0 spiro atoms. The van der Waals surface area contributed by atoms with Gasteiger partial charge in [0.25, 0.3) is 0 Å². The molecule has 11 heteroatoms. The first kappa shape index (κ1) is 23.3. The first-order chi connectivity index (χ1) is 13.8. The van der Waals surface area contributed by atoms with Crippen molar-refractivity contribution < 1.29 is 41.0 Å². The minimum Gasteiger partial charge on any atom is -0.465 e. The SMILES string of the molecule is CC(C)(CNC(=O)O)CS(=O)(=O)c1ccc(Oc2ccc(OC(F)(F)F)cc2)cc1. The second-order valence-electron chi connectivity index (χ2n) is 7.17. The van der Waals surface area contributed by atoms with E-state index in [2.05, 4.69) is 10.1 Å². The van der Waals surface area contributed by atoms with Gasteiger partial charge in [-0.05, 0) is 53.9 Å². The molecule has 7 nitrogen and oxygen atoms in total. The molecule has 0 radical (unpaired) electrons. The molecule has 0 aliphatic rings. The van der Waals surface area contributed by atoms with E-state index in [1.54, 1.807) is 13.8 Å². The molecule has 2 aromatic carbocycles. The zero-order valence-electron chi connectivity index (χ0n) is 16.1. The van der Waals surface area contributed by atoms with Crippen molar-refractivity contribution in [2.45, 2.75) is 25.1 Å². The van der Waals surface area contributed by atoms with E-state index >= 15 is 0 Å². The van der Waals surface area contributed by atoms with Crippen LogP contribution in [-0.4, -0.2) is 38.3 Å². The summed E-state index contributed by atoms with van der Waals surface area (Å²) < 4.78 is 71.0. The summed E-state index contributed by atoms with van der Waals surface area (Å²) in [6, 6.07) is 10.3. The van der Waals surface area contributed by atoms with Crippen molar-refractivity contribution in [2.24, 2.45) is 5.41 Å². The first-order valence-electron chi connectivity index (χ1n) is 8.59. The summed E-state index contributed by atoms with van der Waals surface area (Å²) in [5, 5.41) is 10.9. The van der Waals surface area contributed by atoms with E-state index < -0.39 is 33.5 Å². The molecule has 164 valence electrons. The van der Waals surface area contributed by atoms with Crippen LogP contribution in [0.3, 0.4) is 0 Å². The fraction of sp³-hybridized carbons (Fsp3) is 0.316. The Morgan fingerprint density at radius 3 is 1.90 bits per heavy atom. The van der Waals surface area contributed by atoms with Crippen molar-refractivity contribution in [1.29, 1.82) is 0 Å². The minimum absolute atomic E-state index is 0.0309. The number of rotatable bonds is 8. The Hall–Kier alpha value is -2.95. The second-order valence-corrected chi connectivity index (χ2v) is 9.16. The largest absolute Gasteiger partial charge is 0.573 e. The number of carboxylic acid groups (broad SMARTS) is 1. The summed E-state index contributed by atoms with van der Waals surface area (Å²) >= 11 is 0. The lowest BCUT2D eigenvalue weighted by Gasteiger charge is -2.24. The van der Waals surface area contributed by atoms with Crippen LogP contribution in [0.2, 0.25) is 0 Å². The van der Waals surface area contributed by atoms with Crippen LogP contribution >= 0.6 is 0 Å². The molecule has 0 atom stereocenters. The molecule has 0 saturated heterocycles. The number of ether oxygens (including phenoxy) is 2. The van der Waals surface area contributed by atoms with E-state index in [0.29, 0.717) is 0 Å². The molecule has 0 saturated carbocycles. The van der Waals surface area contributed by atoms with Gasteiger partial charge in [-0.3, -0.25) is 0 Å². The summed E-state index contributed by atoms with van der Waals surface area (Å²) in [5.41, 5.74) is -0.827. The molecule has 0 bridgehead atoms. The maximum atomic E-state index is 12.6. The molecule has 0 heterocycles. The number of alkyl halides is 3. The van der Waals surface area contributed by atoms with Crippen LogP contribution in [0.25, 0.3) is 0 Å². The zero-order valence-corrected chi connectivity index (χ0v) is 16.9. The van der Waals surface area contributed by atoms with E-state index in [4.69, 9.17) is 9.84 Å². The zero-order chi connectivity index (χ0) is 22.6. The van der Waals surface area contributed by atoms with Crippen LogP contribution in [0.5, 0.6) is 17.2 Å². The van der Waals surface area contributed by atoms with E-state index in [-0.39, 0.29) is 28.7 Å².